The Hall–Kier alpha value is -1.58. The summed E-state index contributed by atoms with van der Waals surface area (Å²) < 4.78 is 18.9. The van der Waals surface area contributed by atoms with E-state index in [1.807, 2.05) is 30.3 Å². The molecule has 2 nitrogen and oxygen atoms in total. The highest BCUT2D eigenvalue weighted by Crippen LogP contribution is 2.24. The second kappa shape index (κ2) is 6.55. The van der Waals surface area contributed by atoms with Crippen LogP contribution in [-0.4, -0.2) is 13.7 Å². The predicted octanol–water partition coefficient (Wildman–Crippen LogP) is 3.82. The summed E-state index contributed by atoms with van der Waals surface area (Å²) in [5, 5.41) is 3.61. The molecule has 0 saturated carbocycles. The lowest BCUT2D eigenvalue weighted by molar-refractivity contribution is 0.273. The Labute approximate surface area is 117 Å². The Bertz CT molecular complexity index is 533. The lowest BCUT2D eigenvalue weighted by Crippen LogP contribution is -2.23. The number of likely N-dealkylation sites (N-methyl/N-ethyl adjacent to an activating group) is 1. The van der Waals surface area contributed by atoms with Crippen LogP contribution >= 0.6 is 11.6 Å². The van der Waals surface area contributed by atoms with Crippen LogP contribution in [0.5, 0.6) is 5.75 Å². The van der Waals surface area contributed by atoms with Crippen LogP contribution in [0.3, 0.4) is 0 Å². The molecular weight excluding hydrogens is 265 g/mol. The highest BCUT2D eigenvalue weighted by Gasteiger charge is 2.14. The van der Waals surface area contributed by atoms with E-state index in [2.05, 4.69) is 5.32 Å². The van der Waals surface area contributed by atoms with Gasteiger partial charge in [-0.15, -0.1) is 0 Å². The van der Waals surface area contributed by atoms with Crippen LogP contribution in [0.15, 0.2) is 48.5 Å². The molecule has 19 heavy (non-hydrogen) atoms. The first kappa shape index (κ1) is 13.8. The van der Waals surface area contributed by atoms with Gasteiger partial charge in [0.2, 0.25) is 0 Å². The Morgan fingerprint density at radius 1 is 1.21 bits per heavy atom. The first-order chi connectivity index (χ1) is 9.20. The fourth-order valence-electron chi connectivity index (χ4n) is 1.81. The number of para-hydroxylation sites is 1. The van der Waals surface area contributed by atoms with Crippen molar-refractivity contribution in [2.75, 3.05) is 13.7 Å². The van der Waals surface area contributed by atoms with Gasteiger partial charge in [0.05, 0.1) is 6.04 Å². The molecule has 0 bridgehead atoms. The van der Waals surface area contributed by atoms with Gasteiger partial charge in [0.1, 0.15) is 18.2 Å². The SMILES string of the molecule is CNC(COc1ccccc1)c1cc(F)ccc1Cl. The highest BCUT2D eigenvalue weighted by atomic mass is 35.5. The molecule has 0 saturated heterocycles. The molecule has 0 heterocycles. The fourth-order valence-corrected chi connectivity index (χ4v) is 2.06. The van der Waals surface area contributed by atoms with Gasteiger partial charge in [0.25, 0.3) is 0 Å². The van der Waals surface area contributed by atoms with Gasteiger partial charge in [0.15, 0.2) is 0 Å². The quantitative estimate of drug-likeness (QED) is 0.898. The molecular formula is C15H15ClFNO. The van der Waals surface area contributed by atoms with E-state index in [0.717, 1.165) is 5.75 Å². The molecule has 0 radical (unpaired) electrons. The van der Waals surface area contributed by atoms with Crippen molar-refractivity contribution in [3.63, 3.8) is 0 Å². The summed E-state index contributed by atoms with van der Waals surface area (Å²) in [7, 11) is 1.79. The van der Waals surface area contributed by atoms with Crippen molar-refractivity contribution in [1.29, 1.82) is 0 Å². The number of hydrogen-bond donors (Lipinski definition) is 1. The summed E-state index contributed by atoms with van der Waals surface area (Å²) in [4.78, 5) is 0. The van der Waals surface area contributed by atoms with Crippen LogP contribution in [0, 0.1) is 5.82 Å². The van der Waals surface area contributed by atoms with E-state index in [1.165, 1.54) is 12.1 Å². The summed E-state index contributed by atoms with van der Waals surface area (Å²) in [6, 6.07) is 13.6. The van der Waals surface area contributed by atoms with E-state index in [1.54, 1.807) is 13.1 Å². The standard InChI is InChI=1S/C15H15ClFNO/c1-18-15(10-19-12-5-3-2-4-6-12)13-9-11(17)7-8-14(13)16/h2-9,15,18H,10H2,1H3. The minimum absolute atomic E-state index is 0.164. The van der Waals surface area contributed by atoms with E-state index < -0.39 is 0 Å². The molecule has 2 aromatic rings. The number of hydrogen-bond acceptors (Lipinski definition) is 2. The van der Waals surface area contributed by atoms with Crippen LogP contribution in [0.1, 0.15) is 11.6 Å². The van der Waals surface area contributed by atoms with Crippen molar-refractivity contribution in [2.45, 2.75) is 6.04 Å². The van der Waals surface area contributed by atoms with Crippen molar-refractivity contribution >= 4 is 11.6 Å². The fraction of sp³-hybridized carbons (Fsp3) is 0.200. The van der Waals surface area contributed by atoms with Crippen molar-refractivity contribution in [3.05, 3.63) is 64.9 Å². The first-order valence-corrected chi connectivity index (χ1v) is 6.38. The van der Waals surface area contributed by atoms with Gasteiger partial charge in [-0.05, 0) is 42.9 Å². The normalized spacial score (nSPS) is 12.2. The molecule has 100 valence electrons. The molecule has 0 aliphatic rings. The second-order valence-electron chi connectivity index (χ2n) is 4.13. The maximum atomic E-state index is 13.3. The molecule has 0 amide bonds. The number of nitrogens with one attached hydrogen (secondary N) is 1. The minimum Gasteiger partial charge on any atom is -0.492 e. The van der Waals surface area contributed by atoms with Gasteiger partial charge < -0.3 is 10.1 Å². The Morgan fingerprint density at radius 3 is 2.63 bits per heavy atom. The largest absolute Gasteiger partial charge is 0.492 e. The molecule has 0 aliphatic carbocycles. The first-order valence-electron chi connectivity index (χ1n) is 6.01. The molecule has 0 aliphatic heterocycles. The molecule has 0 fully saturated rings. The molecule has 4 heteroatoms. The van der Waals surface area contributed by atoms with Gasteiger partial charge in [-0.1, -0.05) is 29.8 Å². The van der Waals surface area contributed by atoms with Crippen molar-refractivity contribution in [2.24, 2.45) is 0 Å². The van der Waals surface area contributed by atoms with Crippen LogP contribution < -0.4 is 10.1 Å². The summed E-state index contributed by atoms with van der Waals surface area (Å²) in [5.74, 6) is 0.467. The average Bonchev–Trinajstić information content (AvgIpc) is 2.44. The van der Waals surface area contributed by atoms with Crippen molar-refractivity contribution in [1.82, 2.24) is 5.32 Å². The van der Waals surface area contributed by atoms with E-state index >= 15 is 0 Å². The smallest absolute Gasteiger partial charge is 0.123 e. The molecule has 1 unspecified atom stereocenters. The summed E-state index contributed by atoms with van der Waals surface area (Å²) in [6.07, 6.45) is 0. The van der Waals surface area contributed by atoms with Gasteiger partial charge in [-0.3, -0.25) is 0 Å². The number of benzene rings is 2. The van der Waals surface area contributed by atoms with E-state index in [9.17, 15) is 4.39 Å². The highest BCUT2D eigenvalue weighted by molar-refractivity contribution is 6.31. The lowest BCUT2D eigenvalue weighted by atomic mass is 10.1. The Kier molecular flexibility index (Phi) is 4.77. The van der Waals surface area contributed by atoms with Gasteiger partial charge in [-0.2, -0.15) is 0 Å². The monoisotopic (exact) mass is 279 g/mol. The summed E-state index contributed by atoms with van der Waals surface area (Å²) in [5.41, 5.74) is 0.695. The molecule has 2 aromatic carbocycles. The number of ether oxygens (including phenoxy) is 1. The minimum atomic E-state index is -0.306. The van der Waals surface area contributed by atoms with Crippen molar-refractivity contribution in [3.8, 4) is 5.75 Å². The van der Waals surface area contributed by atoms with E-state index in [4.69, 9.17) is 16.3 Å². The lowest BCUT2D eigenvalue weighted by Gasteiger charge is -2.18. The summed E-state index contributed by atoms with van der Waals surface area (Å²) >= 11 is 6.09. The molecule has 0 aromatic heterocycles. The predicted molar refractivity (Wildman–Crippen MR) is 75.1 cm³/mol. The molecule has 1 atom stereocenters. The maximum absolute atomic E-state index is 13.3. The van der Waals surface area contributed by atoms with Gasteiger partial charge >= 0.3 is 0 Å². The maximum Gasteiger partial charge on any atom is 0.123 e. The topological polar surface area (TPSA) is 21.3 Å². The Morgan fingerprint density at radius 2 is 1.95 bits per heavy atom. The van der Waals surface area contributed by atoms with E-state index in [0.29, 0.717) is 17.2 Å². The third kappa shape index (κ3) is 3.69. The molecule has 2 rings (SSSR count). The van der Waals surface area contributed by atoms with Crippen molar-refractivity contribution < 1.29 is 9.13 Å². The van der Waals surface area contributed by atoms with Crippen LogP contribution in [0.4, 0.5) is 4.39 Å². The molecule has 1 N–H and O–H groups in total. The zero-order chi connectivity index (χ0) is 13.7. The van der Waals surface area contributed by atoms with Crippen LogP contribution in [0.25, 0.3) is 0 Å². The van der Waals surface area contributed by atoms with Gasteiger partial charge in [0, 0.05) is 5.02 Å². The Balaban J connectivity index is 2.10. The van der Waals surface area contributed by atoms with E-state index in [-0.39, 0.29) is 11.9 Å². The van der Waals surface area contributed by atoms with Crippen LogP contribution in [-0.2, 0) is 0 Å². The number of halogens is 2. The van der Waals surface area contributed by atoms with Gasteiger partial charge in [-0.25, -0.2) is 4.39 Å². The average molecular weight is 280 g/mol. The molecule has 0 spiro atoms. The second-order valence-corrected chi connectivity index (χ2v) is 4.54. The third-order valence-electron chi connectivity index (χ3n) is 2.84. The zero-order valence-electron chi connectivity index (χ0n) is 10.6. The number of rotatable bonds is 5. The third-order valence-corrected chi connectivity index (χ3v) is 3.19. The van der Waals surface area contributed by atoms with Crippen LogP contribution in [0.2, 0.25) is 5.02 Å². The zero-order valence-corrected chi connectivity index (χ0v) is 11.3. The summed E-state index contributed by atoms with van der Waals surface area (Å²) in [6.45, 7) is 0.379.